The van der Waals surface area contributed by atoms with Crippen LogP contribution in [0.4, 0.5) is 15.8 Å². The van der Waals surface area contributed by atoms with Crippen LogP contribution >= 0.6 is 11.6 Å². The summed E-state index contributed by atoms with van der Waals surface area (Å²) in [6.45, 7) is 7.98. The van der Waals surface area contributed by atoms with Crippen molar-refractivity contribution in [3.63, 3.8) is 0 Å². The molecule has 16 heteroatoms. The Labute approximate surface area is 242 Å². The molecule has 0 aliphatic heterocycles. The normalized spacial score (nSPS) is 9.95. The van der Waals surface area contributed by atoms with Crippen molar-refractivity contribution in [1.82, 2.24) is 0 Å². The minimum atomic E-state index is -1.00. The van der Waals surface area contributed by atoms with Crippen LogP contribution in [0.3, 0.4) is 0 Å². The van der Waals surface area contributed by atoms with E-state index in [-0.39, 0.29) is 46.4 Å². The van der Waals surface area contributed by atoms with Gasteiger partial charge in [0, 0.05) is 43.1 Å². The van der Waals surface area contributed by atoms with Crippen LogP contribution in [0.15, 0.2) is 58.8 Å². The van der Waals surface area contributed by atoms with Crippen molar-refractivity contribution in [2.75, 3.05) is 20.4 Å². The zero-order valence-corrected chi connectivity index (χ0v) is 23.8. The number of nitrogens with zero attached hydrogens (tertiary/aromatic N) is 4. The summed E-state index contributed by atoms with van der Waals surface area (Å²) in [5.74, 6) is 1.13. The molecule has 0 atom stereocenters. The van der Waals surface area contributed by atoms with Gasteiger partial charge in [-0.2, -0.15) is 0 Å². The summed E-state index contributed by atoms with van der Waals surface area (Å²) in [6.07, 6.45) is 0. The molecule has 2 aromatic rings. The number of non-ortho nitro benzene ring substituents is 2. The molecule has 37 heavy (non-hydrogen) atoms. The van der Waals surface area contributed by atoms with E-state index in [1.807, 2.05) is 13.8 Å². The molecular formula is C21H29ClFN4NaO9. The van der Waals surface area contributed by atoms with Crippen molar-refractivity contribution in [2.24, 2.45) is 10.3 Å². The summed E-state index contributed by atoms with van der Waals surface area (Å²) in [4.78, 5) is 24.5. The van der Waals surface area contributed by atoms with Gasteiger partial charge in [0.05, 0.1) is 31.6 Å². The molecule has 13 nitrogen and oxygen atoms in total. The molecule has 0 amide bonds. The molecule has 202 valence electrons. The van der Waals surface area contributed by atoms with Gasteiger partial charge in [-0.3, -0.25) is 24.6 Å². The van der Waals surface area contributed by atoms with Crippen molar-refractivity contribution in [2.45, 2.75) is 27.7 Å². The maximum atomic E-state index is 10.4. The fourth-order valence-corrected chi connectivity index (χ4v) is 1.91. The smallest absolute Gasteiger partial charge is 0.870 e. The molecule has 0 aliphatic carbocycles. The van der Waals surface area contributed by atoms with E-state index in [9.17, 15) is 24.6 Å². The second-order valence-electron chi connectivity index (χ2n) is 5.67. The third-order valence-corrected chi connectivity index (χ3v) is 3.46. The Hall–Kier alpha value is -3.04. The number of nitro benzene ring substituents is 2. The molecule has 0 saturated carbocycles. The number of alkyl halides is 1. The molecule has 0 fully saturated rings. The van der Waals surface area contributed by atoms with Crippen LogP contribution in [0.25, 0.3) is 0 Å². The van der Waals surface area contributed by atoms with Crippen LogP contribution in [0.1, 0.15) is 29.1 Å². The molecule has 0 aliphatic rings. The van der Waals surface area contributed by atoms with Crippen LogP contribution in [0, 0.1) is 20.2 Å². The molecule has 2 aromatic carbocycles. The molecule has 0 saturated heterocycles. The molecule has 0 aromatic heterocycles. The Morgan fingerprint density at radius 3 is 1.68 bits per heavy atom. The van der Waals surface area contributed by atoms with Crippen LogP contribution in [-0.2, 0) is 9.47 Å². The first-order valence-corrected chi connectivity index (χ1v) is 10.1. The van der Waals surface area contributed by atoms with Gasteiger partial charge in [0.25, 0.3) is 11.4 Å². The fraction of sp³-hybridized carbons (Fsp3) is 0.333. The summed E-state index contributed by atoms with van der Waals surface area (Å²) >= 11 is 5.49. The number of oxime groups is 2. The maximum absolute atomic E-state index is 10.4. The Balaban J connectivity index is -0.000000227. The second kappa shape index (κ2) is 26.0. The molecule has 0 bridgehead atoms. The average Bonchev–Trinajstić information content (AvgIpc) is 2.85. The predicted octanol–water partition coefficient (Wildman–Crippen LogP) is 2.84. The van der Waals surface area contributed by atoms with Gasteiger partial charge in [-0.1, -0.05) is 16.8 Å². The molecule has 0 heterocycles. The predicted molar refractivity (Wildman–Crippen MR) is 132 cm³/mol. The van der Waals surface area contributed by atoms with E-state index in [2.05, 4.69) is 10.3 Å². The first-order chi connectivity index (χ1) is 17.1. The number of halogens is 2. The number of ether oxygens (including phenoxy) is 2. The van der Waals surface area contributed by atoms with E-state index in [4.69, 9.17) is 32.5 Å². The van der Waals surface area contributed by atoms with E-state index in [1.165, 1.54) is 48.5 Å². The van der Waals surface area contributed by atoms with Gasteiger partial charge in [0.2, 0.25) is 11.8 Å². The van der Waals surface area contributed by atoms with Crippen LogP contribution in [0.2, 0.25) is 5.02 Å². The number of benzene rings is 2. The average molecular weight is 560 g/mol. The molecular weight excluding hydrogens is 530 g/mol. The summed E-state index contributed by atoms with van der Waals surface area (Å²) in [5.41, 5.74) is 0.0715. The fourth-order valence-electron chi connectivity index (χ4n) is 1.78. The minimum Gasteiger partial charge on any atom is -0.870 e. The Bertz CT molecular complexity index is 957. The van der Waals surface area contributed by atoms with Gasteiger partial charge in [0.15, 0.2) is 5.75 Å². The van der Waals surface area contributed by atoms with Gasteiger partial charge < -0.3 is 25.0 Å². The molecule has 0 unspecified atom stereocenters. The zero-order valence-electron chi connectivity index (χ0n) is 22.0. The van der Waals surface area contributed by atoms with Gasteiger partial charge >= 0.3 is 29.6 Å². The van der Waals surface area contributed by atoms with Crippen molar-refractivity contribution in [1.29, 1.82) is 0 Å². The summed E-state index contributed by atoms with van der Waals surface area (Å²) in [6, 6.07) is 11.3. The van der Waals surface area contributed by atoms with E-state index in [1.54, 1.807) is 13.8 Å². The van der Waals surface area contributed by atoms with Crippen LogP contribution in [-0.4, -0.2) is 52.7 Å². The van der Waals surface area contributed by atoms with E-state index >= 15 is 0 Å². The van der Waals surface area contributed by atoms with Crippen molar-refractivity contribution >= 4 is 34.8 Å². The first kappa shape index (κ1) is 38.5. The number of rotatable bonds is 6. The molecule has 0 radical (unpaired) electrons. The SMILES string of the molecule is CCOC(C)=NO.CCOC(C)=NOc1ccc([N+](=O)[O-])cc1.O=[N+]([O-])c1ccc(Cl)cc1.[2H]CF.[Na+].[OH-]. The summed E-state index contributed by atoms with van der Waals surface area (Å²) in [7, 11) is -1.00. The Morgan fingerprint density at radius 1 is 0.973 bits per heavy atom. The molecule has 2 rings (SSSR count). The molecule has 2 N–H and O–H groups in total. The Morgan fingerprint density at radius 2 is 1.35 bits per heavy atom. The van der Waals surface area contributed by atoms with Crippen LogP contribution in [0.5, 0.6) is 5.75 Å². The van der Waals surface area contributed by atoms with Crippen molar-refractivity contribution < 1.29 is 70.2 Å². The summed E-state index contributed by atoms with van der Waals surface area (Å²) < 4.78 is 25.2. The second-order valence-corrected chi connectivity index (χ2v) is 6.11. The third-order valence-electron chi connectivity index (χ3n) is 3.21. The van der Waals surface area contributed by atoms with E-state index in [0.29, 0.717) is 35.8 Å². The Kier molecular flexibility index (Phi) is 27.1. The number of hydrogen-bond donors (Lipinski definition) is 1. The first-order valence-electron chi connectivity index (χ1n) is 10.4. The topological polar surface area (TPSA) is 189 Å². The van der Waals surface area contributed by atoms with Gasteiger partial charge in [-0.15, -0.1) is 0 Å². The number of nitro groups is 2. The van der Waals surface area contributed by atoms with Gasteiger partial charge in [-0.25, -0.2) is 0 Å². The van der Waals surface area contributed by atoms with E-state index in [0.717, 1.165) is 0 Å². The van der Waals surface area contributed by atoms with Crippen molar-refractivity contribution in [3.05, 3.63) is 73.8 Å². The van der Waals surface area contributed by atoms with E-state index < -0.39 is 17.0 Å². The number of hydrogen-bond acceptors (Lipinski definition) is 11. The monoisotopic (exact) mass is 559 g/mol. The van der Waals surface area contributed by atoms with Crippen molar-refractivity contribution in [3.8, 4) is 5.75 Å². The van der Waals surface area contributed by atoms with Gasteiger partial charge in [-0.05, 0) is 43.3 Å². The van der Waals surface area contributed by atoms with Crippen LogP contribution < -0.4 is 34.4 Å². The third kappa shape index (κ3) is 21.9. The minimum absolute atomic E-state index is 0. The quantitative estimate of drug-likeness (QED) is 0.138. The maximum Gasteiger partial charge on any atom is 1.00 e. The zero-order chi connectivity index (χ0) is 27.9. The largest absolute Gasteiger partial charge is 1.00 e. The molecule has 0 spiro atoms. The standard InChI is InChI=1S/C10H12N2O4.C6H4ClNO2.C4H9NO2.CH3F.Na.H2O/c1-3-15-8(2)11-16-10-6-4-9(5-7-10)12(13)14;7-5-1-3-6(4-2-5)8(9)10;1-3-7-4(2)5-6;1-2;;/h4-7H,3H2,1-2H3;1-4H;6H,3H2,1-2H3;1H3;;1H2/q;;;;+1;/p-1/i;;;1D;;. The summed E-state index contributed by atoms with van der Waals surface area (Å²) in [5, 5.41) is 35.3. The van der Waals surface area contributed by atoms with Gasteiger partial charge in [0.1, 0.15) is 0 Å².